The number of carbonyl (C=O) groups is 3. The van der Waals surface area contributed by atoms with Gasteiger partial charge in [-0.05, 0) is 36.4 Å². The van der Waals surface area contributed by atoms with Gasteiger partial charge in [-0.3, -0.25) is 14.4 Å². The number of rotatable bonds is 1. The van der Waals surface area contributed by atoms with Crippen LogP contribution in [0.1, 0.15) is 48.8 Å². The average Bonchev–Trinajstić information content (AvgIpc) is 3.11. The number of aromatic hydroxyl groups is 3. The molecule has 3 N–H and O–H groups in total. The van der Waals surface area contributed by atoms with Gasteiger partial charge in [-0.1, -0.05) is 0 Å². The van der Waals surface area contributed by atoms with Crippen LogP contribution in [0.4, 0.5) is 0 Å². The van der Waals surface area contributed by atoms with Crippen LogP contribution in [-0.4, -0.2) is 45.6 Å². The van der Waals surface area contributed by atoms with E-state index in [1.165, 1.54) is 0 Å². The summed E-state index contributed by atoms with van der Waals surface area (Å²) >= 11 is 0. The maximum atomic E-state index is 13.5. The molecule has 1 atom stereocenters. The highest BCUT2D eigenvalue weighted by atomic mass is 16.7. The van der Waals surface area contributed by atoms with E-state index in [0.717, 1.165) is 13.2 Å². The summed E-state index contributed by atoms with van der Waals surface area (Å²) < 4.78 is 21.5. The molecule has 11 nitrogen and oxygen atoms in total. The Hall–Kier alpha value is -4.80. The Bertz CT molecular complexity index is 1690. The molecular weight excluding hydrogens is 476 g/mol. The van der Waals surface area contributed by atoms with Gasteiger partial charge in [0.25, 0.3) is 5.78 Å². The summed E-state index contributed by atoms with van der Waals surface area (Å²) in [4.78, 5) is 51.2. The van der Waals surface area contributed by atoms with Crippen LogP contribution < -0.4 is 15.1 Å². The second kappa shape index (κ2) is 6.87. The molecule has 0 saturated carbocycles. The summed E-state index contributed by atoms with van der Waals surface area (Å²) in [6, 6.07) is 3.20. The first-order valence-electron chi connectivity index (χ1n) is 10.8. The first-order chi connectivity index (χ1) is 17.1. The minimum absolute atomic E-state index is 0.105. The van der Waals surface area contributed by atoms with E-state index in [-0.39, 0.29) is 29.7 Å². The first-order valence-corrected chi connectivity index (χ1v) is 10.8. The van der Waals surface area contributed by atoms with Crippen LogP contribution in [-0.2, 0) is 11.2 Å². The highest BCUT2D eigenvalue weighted by molar-refractivity contribution is 6.28. The van der Waals surface area contributed by atoms with Crippen molar-refractivity contribution in [2.45, 2.75) is 25.6 Å². The van der Waals surface area contributed by atoms with Gasteiger partial charge in [0.15, 0.2) is 34.5 Å². The van der Waals surface area contributed by atoms with Gasteiger partial charge in [-0.2, -0.15) is 0 Å². The van der Waals surface area contributed by atoms with E-state index in [2.05, 4.69) is 0 Å². The van der Waals surface area contributed by atoms with Crippen molar-refractivity contribution < 1.29 is 48.3 Å². The molecule has 6 rings (SSSR count). The minimum Gasteiger partial charge on any atom is -0.506 e. The highest BCUT2D eigenvalue weighted by Crippen LogP contribution is 2.55. The monoisotopic (exact) mass is 492 g/mol. The van der Waals surface area contributed by atoms with Crippen molar-refractivity contribution >= 4 is 28.1 Å². The molecule has 2 aliphatic heterocycles. The Labute approximate surface area is 200 Å². The Balaban J connectivity index is 1.51. The number of phenolic OH excluding ortho intramolecular Hbond substituents is 3. The predicted octanol–water partition coefficient (Wildman–Crippen LogP) is 2.42. The number of Topliss-reactive ketones (excluding diaryl/α,β-unsaturated/α-hetero) is 2. The standard InChI is InChI=1S/C25H16O11/c1-8-5-10-6-9-3-4-25(35-21(9)19(29)13(10)24(32)34-8)23(31)16-18(28)14-11(26)7-12(33-2)17(27)15(14)20(30)22(16)36-25/h5-7,28-30H,3-4H2,1-2H3/t25-/m1/s1. The van der Waals surface area contributed by atoms with Gasteiger partial charge in [-0.25, -0.2) is 4.79 Å². The molecule has 1 aliphatic carbocycles. The number of ether oxygens (including phenoxy) is 3. The van der Waals surface area contributed by atoms with E-state index >= 15 is 0 Å². The summed E-state index contributed by atoms with van der Waals surface area (Å²) in [5.74, 6) is -7.84. The summed E-state index contributed by atoms with van der Waals surface area (Å²) in [5.41, 5.74) is -2.00. The number of aryl methyl sites for hydroxylation is 2. The molecule has 0 fully saturated rings. The van der Waals surface area contributed by atoms with Crippen molar-refractivity contribution in [3.8, 4) is 28.7 Å². The molecule has 2 aromatic carbocycles. The molecule has 0 bridgehead atoms. The number of allylic oxidation sites excluding steroid dienone is 2. The third-order valence-corrected chi connectivity index (χ3v) is 6.59. The fourth-order valence-corrected chi connectivity index (χ4v) is 4.95. The van der Waals surface area contributed by atoms with E-state index in [0.29, 0.717) is 16.7 Å². The second-order valence-electron chi connectivity index (χ2n) is 8.67. The number of ketones is 3. The molecule has 0 saturated heterocycles. The zero-order valence-electron chi connectivity index (χ0n) is 18.8. The predicted molar refractivity (Wildman–Crippen MR) is 119 cm³/mol. The summed E-state index contributed by atoms with van der Waals surface area (Å²) in [5, 5.41) is 32.8. The van der Waals surface area contributed by atoms with Gasteiger partial charge in [0.2, 0.25) is 5.78 Å². The fraction of sp³-hybridized carbons (Fsp3) is 0.200. The van der Waals surface area contributed by atoms with Gasteiger partial charge >= 0.3 is 11.4 Å². The smallest absolute Gasteiger partial charge is 0.347 e. The van der Waals surface area contributed by atoms with Gasteiger partial charge in [0.05, 0.1) is 18.2 Å². The molecule has 1 spiro atoms. The number of fused-ring (bicyclic) bond motifs is 4. The molecule has 3 aliphatic rings. The summed E-state index contributed by atoms with van der Waals surface area (Å²) in [6.07, 6.45) is 0.883. The van der Waals surface area contributed by atoms with Crippen LogP contribution in [0.2, 0.25) is 0 Å². The van der Waals surface area contributed by atoms with Crippen molar-refractivity contribution in [2.24, 2.45) is 0 Å². The lowest BCUT2D eigenvalue weighted by molar-refractivity contribution is -0.0834. The summed E-state index contributed by atoms with van der Waals surface area (Å²) in [7, 11) is 1.16. The fourth-order valence-electron chi connectivity index (χ4n) is 4.95. The van der Waals surface area contributed by atoms with E-state index < -0.39 is 68.5 Å². The Morgan fingerprint density at radius 2 is 1.64 bits per heavy atom. The lowest BCUT2D eigenvalue weighted by atomic mass is 9.87. The van der Waals surface area contributed by atoms with Crippen molar-refractivity contribution in [3.63, 3.8) is 0 Å². The van der Waals surface area contributed by atoms with Gasteiger partial charge < -0.3 is 33.9 Å². The molecule has 182 valence electrons. The molecular formula is C25H16O11. The minimum atomic E-state index is -2.14. The molecule has 0 radical (unpaired) electrons. The van der Waals surface area contributed by atoms with Crippen LogP contribution >= 0.6 is 0 Å². The number of benzene rings is 2. The molecule has 0 unspecified atom stereocenters. The highest BCUT2D eigenvalue weighted by Gasteiger charge is 2.57. The zero-order valence-corrected chi connectivity index (χ0v) is 18.8. The number of hydrogen-bond acceptors (Lipinski definition) is 11. The third kappa shape index (κ3) is 2.56. The lowest BCUT2D eigenvalue weighted by Gasteiger charge is -2.33. The van der Waals surface area contributed by atoms with Crippen molar-refractivity contribution in [3.05, 3.63) is 62.4 Å². The van der Waals surface area contributed by atoms with Crippen LogP contribution in [0.25, 0.3) is 10.8 Å². The van der Waals surface area contributed by atoms with Crippen molar-refractivity contribution in [2.75, 3.05) is 7.11 Å². The third-order valence-electron chi connectivity index (χ3n) is 6.59. The van der Waals surface area contributed by atoms with Gasteiger partial charge in [0, 0.05) is 12.5 Å². The molecule has 3 heterocycles. The Morgan fingerprint density at radius 3 is 2.36 bits per heavy atom. The van der Waals surface area contributed by atoms with E-state index in [9.17, 15) is 34.5 Å². The second-order valence-corrected chi connectivity index (χ2v) is 8.67. The van der Waals surface area contributed by atoms with Crippen molar-refractivity contribution in [1.82, 2.24) is 0 Å². The number of carbonyl (C=O) groups excluding carboxylic acids is 3. The molecule has 0 amide bonds. The SMILES string of the molecule is COC1=CC(=O)c2c(O)c3c(c(O)c2C1=O)O[C@]1(CCc2cc4cc(C)oc(=O)c4c(O)c2O1)C3=O. The normalized spacial score (nSPS) is 19.9. The quantitative estimate of drug-likeness (QED) is 0.426. The largest absolute Gasteiger partial charge is 0.506 e. The maximum absolute atomic E-state index is 13.5. The molecule has 11 heteroatoms. The molecule has 36 heavy (non-hydrogen) atoms. The molecule has 1 aromatic heterocycles. The Morgan fingerprint density at radius 1 is 0.917 bits per heavy atom. The number of hydrogen-bond donors (Lipinski definition) is 3. The van der Waals surface area contributed by atoms with E-state index in [1.807, 2.05) is 0 Å². The van der Waals surface area contributed by atoms with Gasteiger partial charge in [-0.15, -0.1) is 0 Å². The first kappa shape index (κ1) is 21.7. The lowest BCUT2D eigenvalue weighted by Crippen LogP contribution is -2.48. The number of methoxy groups -OCH3 is 1. The van der Waals surface area contributed by atoms with Crippen LogP contribution in [0, 0.1) is 6.92 Å². The van der Waals surface area contributed by atoms with Crippen LogP contribution in [0.5, 0.6) is 28.7 Å². The maximum Gasteiger partial charge on any atom is 0.347 e. The van der Waals surface area contributed by atoms with Gasteiger partial charge in [0.1, 0.15) is 22.5 Å². The number of phenols is 3. The zero-order chi connectivity index (χ0) is 25.7. The average molecular weight is 492 g/mol. The van der Waals surface area contributed by atoms with Crippen LogP contribution in [0.15, 0.2) is 33.2 Å². The van der Waals surface area contributed by atoms with E-state index in [4.69, 9.17) is 18.6 Å². The topological polar surface area (TPSA) is 170 Å². The molecule has 3 aromatic rings. The Kier molecular flexibility index (Phi) is 4.15. The summed E-state index contributed by atoms with van der Waals surface area (Å²) in [6.45, 7) is 1.59. The van der Waals surface area contributed by atoms with Crippen molar-refractivity contribution in [1.29, 1.82) is 0 Å². The van der Waals surface area contributed by atoms with E-state index in [1.54, 1.807) is 19.1 Å². The van der Waals surface area contributed by atoms with Crippen LogP contribution in [0.3, 0.4) is 0 Å².